The third kappa shape index (κ3) is 5.46. The van der Waals surface area contributed by atoms with Crippen molar-refractivity contribution in [2.45, 2.75) is 20.8 Å². The van der Waals surface area contributed by atoms with Crippen LogP contribution in [0.2, 0.25) is 5.02 Å². The molecule has 2 aromatic rings. The van der Waals surface area contributed by atoms with Crippen molar-refractivity contribution < 1.29 is 28.6 Å². The third-order valence-corrected chi connectivity index (χ3v) is 4.96. The normalized spacial score (nSPS) is 10.3. The molecule has 1 heterocycles. The van der Waals surface area contributed by atoms with E-state index in [1.165, 1.54) is 0 Å². The number of hydrogen-bond donors (Lipinski definition) is 1. The first-order valence-corrected chi connectivity index (χ1v) is 9.72. The lowest BCUT2D eigenvalue weighted by molar-refractivity contribution is -0.118. The fourth-order valence-electron chi connectivity index (χ4n) is 2.28. The van der Waals surface area contributed by atoms with E-state index >= 15 is 0 Å². The Labute approximate surface area is 171 Å². The molecule has 28 heavy (non-hydrogen) atoms. The van der Waals surface area contributed by atoms with Crippen molar-refractivity contribution in [1.29, 1.82) is 0 Å². The summed E-state index contributed by atoms with van der Waals surface area (Å²) in [6.07, 6.45) is 0. The maximum Gasteiger partial charge on any atom is 0.348 e. The van der Waals surface area contributed by atoms with Gasteiger partial charge in [0.25, 0.3) is 5.91 Å². The van der Waals surface area contributed by atoms with E-state index in [2.05, 4.69) is 5.32 Å². The second-order valence-electron chi connectivity index (χ2n) is 5.49. The average Bonchev–Trinajstić information content (AvgIpc) is 2.97. The summed E-state index contributed by atoms with van der Waals surface area (Å²) >= 11 is 6.76. The number of carbonyl (C=O) groups excluding carboxylic acids is 3. The minimum Gasteiger partial charge on any atom is -0.484 e. The summed E-state index contributed by atoms with van der Waals surface area (Å²) in [6, 6.07) is 6.55. The number of amides is 1. The van der Waals surface area contributed by atoms with Crippen molar-refractivity contribution in [2.75, 3.05) is 25.1 Å². The summed E-state index contributed by atoms with van der Waals surface area (Å²) < 4.78 is 15.4. The highest BCUT2D eigenvalue weighted by atomic mass is 35.5. The van der Waals surface area contributed by atoms with E-state index in [0.29, 0.717) is 16.3 Å². The van der Waals surface area contributed by atoms with Gasteiger partial charge in [-0.15, -0.1) is 11.3 Å². The largest absolute Gasteiger partial charge is 0.484 e. The monoisotopic (exact) mass is 425 g/mol. The predicted octanol–water partition coefficient (Wildman–Crippen LogP) is 4.08. The van der Waals surface area contributed by atoms with Gasteiger partial charge in [-0.2, -0.15) is 0 Å². The number of hydrogen-bond acceptors (Lipinski definition) is 7. The van der Waals surface area contributed by atoms with Gasteiger partial charge in [-0.05, 0) is 50.6 Å². The van der Waals surface area contributed by atoms with Gasteiger partial charge in [0, 0.05) is 5.02 Å². The van der Waals surface area contributed by atoms with Gasteiger partial charge in [0.05, 0.1) is 18.8 Å². The van der Waals surface area contributed by atoms with Gasteiger partial charge >= 0.3 is 11.9 Å². The molecule has 0 aliphatic heterocycles. The van der Waals surface area contributed by atoms with Crippen LogP contribution in [0, 0.1) is 6.92 Å². The topological polar surface area (TPSA) is 90.9 Å². The number of anilines is 1. The van der Waals surface area contributed by atoms with Crippen molar-refractivity contribution >= 4 is 45.8 Å². The number of ether oxygens (including phenoxy) is 3. The van der Waals surface area contributed by atoms with Crippen LogP contribution in [-0.2, 0) is 14.3 Å². The molecule has 1 N–H and O–H groups in total. The molecule has 0 fully saturated rings. The van der Waals surface area contributed by atoms with E-state index in [-0.39, 0.29) is 35.3 Å². The zero-order valence-corrected chi connectivity index (χ0v) is 17.2. The van der Waals surface area contributed by atoms with Gasteiger partial charge < -0.3 is 19.5 Å². The summed E-state index contributed by atoms with van der Waals surface area (Å²) in [5.41, 5.74) is 0.533. The van der Waals surface area contributed by atoms with Crippen molar-refractivity contribution in [3.63, 3.8) is 0 Å². The maximum absolute atomic E-state index is 12.3. The first kappa shape index (κ1) is 21.7. The smallest absolute Gasteiger partial charge is 0.348 e. The molecule has 0 radical (unpaired) electrons. The van der Waals surface area contributed by atoms with Crippen LogP contribution in [0.15, 0.2) is 24.3 Å². The van der Waals surface area contributed by atoms with Crippen LogP contribution < -0.4 is 10.1 Å². The van der Waals surface area contributed by atoms with Crippen molar-refractivity contribution in [3.8, 4) is 5.75 Å². The molecular formula is C19H20ClNO6S. The van der Waals surface area contributed by atoms with Gasteiger partial charge in [0.15, 0.2) is 6.61 Å². The Bertz CT molecular complexity index is 862. The number of nitrogens with one attached hydrogen (secondary N) is 1. The Hall–Kier alpha value is -2.58. The first-order chi connectivity index (χ1) is 13.4. The summed E-state index contributed by atoms with van der Waals surface area (Å²) in [6.45, 7) is 5.04. The highest BCUT2D eigenvalue weighted by molar-refractivity contribution is 7.18. The molecule has 0 aliphatic carbocycles. The van der Waals surface area contributed by atoms with E-state index in [0.717, 1.165) is 11.3 Å². The number of esters is 2. The van der Waals surface area contributed by atoms with E-state index < -0.39 is 17.8 Å². The SMILES string of the molecule is CCOC(=O)c1sc(NC(=O)COc2ccc(Cl)cc2)c(C(=O)OCC)c1C. The molecule has 1 aromatic carbocycles. The molecular weight excluding hydrogens is 406 g/mol. The lowest BCUT2D eigenvalue weighted by Gasteiger charge is -2.08. The van der Waals surface area contributed by atoms with Gasteiger partial charge in [0.1, 0.15) is 15.6 Å². The van der Waals surface area contributed by atoms with Gasteiger partial charge in [-0.3, -0.25) is 4.79 Å². The molecule has 0 saturated carbocycles. The molecule has 0 unspecified atom stereocenters. The molecule has 0 saturated heterocycles. The quantitative estimate of drug-likeness (QED) is 0.641. The van der Waals surface area contributed by atoms with Crippen LogP contribution in [0.5, 0.6) is 5.75 Å². The molecule has 0 bridgehead atoms. The molecule has 0 atom stereocenters. The Morgan fingerprint density at radius 2 is 1.64 bits per heavy atom. The second kappa shape index (κ2) is 10.1. The molecule has 1 amide bonds. The van der Waals surface area contributed by atoms with Gasteiger partial charge in [-0.25, -0.2) is 9.59 Å². The van der Waals surface area contributed by atoms with Crippen molar-refractivity contribution in [2.24, 2.45) is 0 Å². The Kier molecular flexibility index (Phi) is 7.83. The summed E-state index contributed by atoms with van der Waals surface area (Å²) in [7, 11) is 0. The minimum atomic E-state index is -0.624. The van der Waals surface area contributed by atoms with E-state index in [1.807, 2.05) is 0 Å². The molecule has 0 aliphatic rings. The van der Waals surface area contributed by atoms with Gasteiger partial charge in [-0.1, -0.05) is 11.6 Å². The van der Waals surface area contributed by atoms with Crippen molar-refractivity contribution in [1.82, 2.24) is 0 Å². The highest BCUT2D eigenvalue weighted by Gasteiger charge is 2.27. The van der Waals surface area contributed by atoms with Crippen LogP contribution >= 0.6 is 22.9 Å². The highest BCUT2D eigenvalue weighted by Crippen LogP contribution is 2.34. The second-order valence-corrected chi connectivity index (χ2v) is 6.95. The lowest BCUT2D eigenvalue weighted by atomic mass is 10.1. The number of carbonyl (C=O) groups is 3. The van der Waals surface area contributed by atoms with E-state index in [9.17, 15) is 14.4 Å². The van der Waals surface area contributed by atoms with Crippen LogP contribution in [0.4, 0.5) is 5.00 Å². The Balaban J connectivity index is 2.18. The summed E-state index contributed by atoms with van der Waals surface area (Å²) in [5.74, 6) is -1.20. The zero-order chi connectivity index (χ0) is 20.7. The van der Waals surface area contributed by atoms with Crippen molar-refractivity contribution in [3.05, 3.63) is 45.3 Å². The Morgan fingerprint density at radius 3 is 2.25 bits per heavy atom. The summed E-state index contributed by atoms with van der Waals surface area (Å²) in [5, 5.41) is 3.37. The summed E-state index contributed by atoms with van der Waals surface area (Å²) in [4.78, 5) is 36.9. The molecule has 0 spiro atoms. The number of rotatable bonds is 8. The Morgan fingerprint density at radius 1 is 1.04 bits per heavy atom. The number of benzene rings is 1. The zero-order valence-electron chi connectivity index (χ0n) is 15.7. The predicted molar refractivity (Wildman–Crippen MR) is 107 cm³/mol. The van der Waals surface area contributed by atoms with Gasteiger partial charge in [0.2, 0.25) is 0 Å². The van der Waals surface area contributed by atoms with E-state index in [1.54, 1.807) is 45.0 Å². The molecule has 1 aromatic heterocycles. The molecule has 9 heteroatoms. The molecule has 2 rings (SSSR count). The number of halogens is 1. The fraction of sp³-hybridized carbons (Fsp3) is 0.316. The average molecular weight is 426 g/mol. The van der Waals surface area contributed by atoms with Crippen LogP contribution in [0.3, 0.4) is 0 Å². The first-order valence-electron chi connectivity index (χ1n) is 8.53. The maximum atomic E-state index is 12.3. The standard InChI is InChI=1S/C19H20ClNO6S/c1-4-25-18(23)15-11(3)16(19(24)26-5-2)28-17(15)21-14(22)10-27-13-8-6-12(20)7-9-13/h6-9H,4-5,10H2,1-3H3,(H,21,22). The van der Waals surface area contributed by atoms with Crippen LogP contribution in [0.25, 0.3) is 0 Å². The van der Waals surface area contributed by atoms with Crippen LogP contribution in [-0.4, -0.2) is 37.7 Å². The van der Waals surface area contributed by atoms with Crippen LogP contribution in [0.1, 0.15) is 39.4 Å². The fourth-order valence-corrected chi connectivity index (χ4v) is 3.52. The third-order valence-electron chi connectivity index (χ3n) is 3.52. The molecule has 150 valence electrons. The molecule has 7 nitrogen and oxygen atoms in total. The van der Waals surface area contributed by atoms with E-state index in [4.69, 9.17) is 25.8 Å². The minimum absolute atomic E-state index is 0.134. The lowest BCUT2D eigenvalue weighted by Crippen LogP contribution is -2.21. The number of thiophene rings is 1.